The highest BCUT2D eigenvalue weighted by Crippen LogP contribution is 2.35. The molecule has 0 spiro atoms. The second kappa shape index (κ2) is 3.89. The molecule has 2 aromatic carbocycles. The SMILES string of the molecule is Clc1cccc2snc(-c3ccccc3)c12. The minimum atomic E-state index is 0.769. The van der Waals surface area contributed by atoms with Crippen LogP contribution in [0.15, 0.2) is 48.5 Å². The monoisotopic (exact) mass is 245 g/mol. The first-order chi connectivity index (χ1) is 7.86. The van der Waals surface area contributed by atoms with E-state index in [2.05, 4.69) is 16.5 Å². The summed E-state index contributed by atoms with van der Waals surface area (Å²) in [6.07, 6.45) is 0. The number of benzene rings is 2. The Morgan fingerprint density at radius 1 is 0.938 bits per heavy atom. The maximum absolute atomic E-state index is 6.22. The zero-order valence-corrected chi connectivity index (χ0v) is 9.92. The molecule has 0 amide bonds. The number of halogens is 1. The molecular formula is C13H8ClNS. The fourth-order valence-corrected chi connectivity index (χ4v) is 2.89. The molecule has 0 aliphatic carbocycles. The second-order valence-corrected chi connectivity index (χ2v) is 4.72. The first-order valence-corrected chi connectivity index (χ1v) is 6.11. The van der Waals surface area contributed by atoms with Gasteiger partial charge >= 0.3 is 0 Å². The number of aromatic nitrogens is 1. The third kappa shape index (κ3) is 1.51. The molecule has 0 radical (unpaired) electrons. The summed E-state index contributed by atoms with van der Waals surface area (Å²) < 4.78 is 5.61. The van der Waals surface area contributed by atoms with E-state index in [9.17, 15) is 0 Å². The molecule has 3 heteroatoms. The molecule has 1 nitrogen and oxygen atoms in total. The molecule has 0 atom stereocenters. The summed E-state index contributed by atoms with van der Waals surface area (Å²) in [6, 6.07) is 16.0. The highest BCUT2D eigenvalue weighted by molar-refractivity contribution is 7.13. The second-order valence-electron chi connectivity index (χ2n) is 3.51. The molecule has 0 aliphatic heterocycles. The Morgan fingerprint density at radius 3 is 2.56 bits per heavy atom. The van der Waals surface area contributed by atoms with Crippen LogP contribution in [0.2, 0.25) is 5.02 Å². The third-order valence-electron chi connectivity index (χ3n) is 2.49. The largest absolute Gasteiger partial charge is 0.191 e. The van der Waals surface area contributed by atoms with E-state index in [4.69, 9.17) is 11.6 Å². The van der Waals surface area contributed by atoms with Crippen molar-refractivity contribution < 1.29 is 0 Å². The molecule has 0 unspecified atom stereocenters. The molecule has 0 saturated carbocycles. The van der Waals surface area contributed by atoms with Crippen molar-refractivity contribution in [1.82, 2.24) is 4.37 Å². The molecule has 3 rings (SSSR count). The van der Waals surface area contributed by atoms with Gasteiger partial charge in [0, 0.05) is 10.9 Å². The van der Waals surface area contributed by atoms with Gasteiger partial charge in [0.1, 0.15) is 0 Å². The molecule has 16 heavy (non-hydrogen) atoms. The quantitative estimate of drug-likeness (QED) is 0.610. The van der Waals surface area contributed by atoms with Gasteiger partial charge in [-0.15, -0.1) is 0 Å². The van der Waals surface area contributed by atoms with Crippen molar-refractivity contribution in [2.24, 2.45) is 0 Å². The molecule has 0 fully saturated rings. The van der Waals surface area contributed by atoms with Crippen LogP contribution in [0.3, 0.4) is 0 Å². The lowest BCUT2D eigenvalue weighted by Gasteiger charge is -1.98. The van der Waals surface area contributed by atoms with E-state index in [1.165, 1.54) is 11.5 Å². The van der Waals surface area contributed by atoms with Crippen LogP contribution in [-0.4, -0.2) is 4.37 Å². The fraction of sp³-hybridized carbons (Fsp3) is 0. The van der Waals surface area contributed by atoms with Gasteiger partial charge in [-0.25, -0.2) is 0 Å². The minimum absolute atomic E-state index is 0.769. The Balaban J connectivity index is 2.33. The van der Waals surface area contributed by atoms with Crippen molar-refractivity contribution in [3.63, 3.8) is 0 Å². The number of hydrogen-bond donors (Lipinski definition) is 0. The summed E-state index contributed by atoms with van der Waals surface area (Å²) in [4.78, 5) is 0. The van der Waals surface area contributed by atoms with Crippen molar-refractivity contribution >= 4 is 33.2 Å². The predicted molar refractivity (Wildman–Crippen MR) is 70.1 cm³/mol. The van der Waals surface area contributed by atoms with Crippen LogP contribution in [0.5, 0.6) is 0 Å². The normalized spacial score (nSPS) is 10.8. The van der Waals surface area contributed by atoms with Crippen molar-refractivity contribution in [2.45, 2.75) is 0 Å². The summed E-state index contributed by atoms with van der Waals surface area (Å²) in [5.41, 5.74) is 2.09. The van der Waals surface area contributed by atoms with Crippen LogP contribution in [0.4, 0.5) is 0 Å². The highest BCUT2D eigenvalue weighted by Gasteiger charge is 2.10. The van der Waals surface area contributed by atoms with Crippen molar-refractivity contribution in [3.8, 4) is 11.3 Å². The van der Waals surface area contributed by atoms with Crippen molar-refractivity contribution in [2.75, 3.05) is 0 Å². The van der Waals surface area contributed by atoms with Gasteiger partial charge in [-0.2, -0.15) is 4.37 Å². The standard InChI is InChI=1S/C13H8ClNS/c14-10-7-4-8-11-12(10)13(15-16-11)9-5-2-1-3-6-9/h1-8H. The minimum Gasteiger partial charge on any atom is -0.191 e. The lowest BCUT2D eigenvalue weighted by Crippen LogP contribution is -1.77. The Kier molecular flexibility index (Phi) is 2.39. The maximum Gasteiger partial charge on any atom is 0.0934 e. The predicted octanol–water partition coefficient (Wildman–Crippen LogP) is 4.62. The fourth-order valence-electron chi connectivity index (χ4n) is 1.74. The topological polar surface area (TPSA) is 12.9 Å². The molecule has 1 aromatic heterocycles. The van der Waals surface area contributed by atoms with E-state index in [-0.39, 0.29) is 0 Å². The Labute approximate surface area is 102 Å². The molecule has 0 bridgehead atoms. The van der Waals surface area contributed by atoms with Gasteiger partial charge in [-0.3, -0.25) is 0 Å². The molecule has 0 saturated heterocycles. The van der Waals surface area contributed by atoms with Crippen LogP contribution in [0.25, 0.3) is 21.3 Å². The van der Waals surface area contributed by atoms with Gasteiger partial charge in [0.25, 0.3) is 0 Å². The Bertz CT molecular complexity index is 631. The van der Waals surface area contributed by atoms with E-state index in [1.54, 1.807) is 0 Å². The molecule has 0 N–H and O–H groups in total. The van der Waals surface area contributed by atoms with E-state index < -0.39 is 0 Å². The van der Waals surface area contributed by atoms with E-state index in [0.29, 0.717) is 0 Å². The zero-order chi connectivity index (χ0) is 11.0. The summed E-state index contributed by atoms with van der Waals surface area (Å²) >= 11 is 7.71. The molecule has 3 aromatic rings. The molecular weight excluding hydrogens is 238 g/mol. The van der Waals surface area contributed by atoms with E-state index in [1.807, 2.05) is 36.4 Å². The third-order valence-corrected chi connectivity index (χ3v) is 3.62. The average Bonchev–Trinajstić information content (AvgIpc) is 2.75. The zero-order valence-electron chi connectivity index (χ0n) is 8.35. The van der Waals surface area contributed by atoms with Gasteiger partial charge < -0.3 is 0 Å². The summed E-state index contributed by atoms with van der Waals surface area (Å²) in [5, 5.41) is 1.82. The van der Waals surface area contributed by atoms with Crippen LogP contribution in [0, 0.1) is 0 Å². The summed E-state index contributed by atoms with van der Waals surface area (Å²) in [6.45, 7) is 0. The number of rotatable bonds is 1. The van der Waals surface area contributed by atoms with Gasteiger partial charge in [-0.1, -0.05) is 48.0 Å². The summed E-state index contributed by atoms with van der Waals surface area (Å²) in [5.74, 6) is 0. The summed E-state index contributed by atoms with van der Waals surface area (Å²) in [7, 11) is 0. The van der Waals surface area contributed by atoms with Crippen LogP contribution in [0.1, 0.15) is 0 Å². The van der Waals surface area contributed by atoms with Crippen LogP contribution < -0.4 is 0 Å². The lowest BCUT2D eigenvalue weighted by molar-refractivity contribution is 1.54. The number of hydrogen-bond acceptors (Lipinski definition) is 2. The lowest BCUT2D eigenvalue weighted by atomic mass is 10.1. The van der Waals surface area contributed by atoms with Crippen LogP contribution in [-0.2, 0) is 0 Å². The number of nitrogens with zero attached hydrogens (tertiary/aromatic N) is 1. The molecule has 0 aliphatic rings. The smallest absolute Gasteiger partial charge is 0.0934 e. The molecule has 1 heterocycles. The van der Waals surface area contributed by atoms with Crippen molar-refractivity contribution in [1.29, 1.82) is 0 Å². The first kappa shape index (κ1) is 9.82. The van der Waals surface area contributed by atoms with Crippen LogP contribution >= 0.6 is 23.1 Å². The average molecular weight is 246 g/mol. The maximum atomic E-state index is 6.22. The Morgan fingerprint density at radius 2 is 1.75 bits per heavy atom. The van der Waals surface area contributed by atoms with E-state index in [0.717, 1.165) is 26.4 Å². The highest BCUT2D eigenvalue weighted by atomic mass is 35.5. The van der Waals surface area contributed by atoms with Crippen molar-refractivity contribution in [3.05, 3.63) is 53.6 Å². The van der Waals surface area contributed by atoms with Gasteiger partial charge in [-0.05, 0) is 23.7 Å². The molecule has 78 valence electrons. The Hall–Kier alpha value is -1.38. The van der Waals surface area contributed by atoms with E-state index >= 15 is 0 Å². The van der Waals surface area contributed by atoms with Gasteiger partial charge in [0.05, 0.1) is 15.4 Å². The van der Waals surface area contributed by atoms with Gasteiger partial charge in [0.2, 0.25) is 0 Å². The number of fused-ring (bicyclic) bond motifs is 1. The first-order valence-electron chi connectivity index (χ1n) is 4.95. The van der Waals surface area contributed by atoms with Gasteiger partial charge in [0.15, 0.2) is 0 Å².